The van der Waals surface area contributed by atoms with E-state index in [1.807, 2.05) is 42.2 Å². The Morgan fingerprint density at radius 1 is 1.32 bits per heavy atom. The second-order valence-corrected chi connectivity index (χ2v) is 5.61. The smallest absolute Gasteiger partial charge is 0.310 e. The quantitative estimate of drug-likeness (QED) is 0.780. The average Bonchev–Trinajstić information content (AvgIpc) is 2.55. The van der Waals surface area contributed by atoms with Gasteiger partial charge in [0.15, 0.2) is 0 Å². The third kappa shape index (κ3) is 4.31. The number of likely N-dealkylation sites (tertiary alicyclic amines) is 1. The van der Waals surface area contributed by atoms with E-state index in [9.17, 15) is 9.59 Å². The number of benzene rings is 1. The number of anilines is 1. The lowest BCUT2D eigenvalue weighted by atomic mass is 9.98. The Labute approximate surface area is 131 Å². The van der Waals surface area contributed by atoms with Crippen LogP contribution in [0.25, 0.3) is 0 Å². The maximum absolute atomic E-state index is 12.4. The number of hydrogen-bond donors (Lipinski definition) is 0. The lowest BCUT2D eigenvalue weighted by Crippen LogP contribution is -2.45. The van der Waals surface area contributed by atoms with E-state index in [0.29, 0.717) is 19.7 Å². The van der Waals surface area contributed by atoms with Crippen LogP contribution in [-0.4, -0.2) is 50.1 Å². The highest BCUT2D eigenvalue weighted by Gasteiger charge is 2.28. The summed E-state index contributed by atoms with van der Waals surface area (Å²) in [4.78, 5) is 27.9. The first-order valence-corrected chi connectivity index (χ1v) is 7.82. The van der Waals surface area contributed by atoms with Gasteiger partial charge in [0, 0.05) is 19.3 Å². The first-order valence-electron chi connectivity index (χ1n) is 7.82. The van der Waals surface area contributed by atoms with E-state index in [0.717, 1.165) is 25.1 Å². The van der Waals surface area contributed by atoms with Crippen molar-refractivity contribution in [3.8, 4) is 0 Å². The van der Waals surface area contributed by atoms with Crippen molar-refractivity contribution in [2.45, 2.75) is 19.8 Å². The molecule has 120 valence electrons. The molecule has 0 spiro atoms. The topological polar surface area (TPSA) is 49.9 Å². The van der Waals surface area contributed by atoms with E-state index in [-0.39, 0.29) is 17.8 Å². The highest BCUT2D eigenvalue weighted by molar-refractivity contribution is 5.94. The van der Waals surface area contributed by atoms with Crippen LogP contribution in [0.4, 0.5) is 5.69 Å². The summed E-state index contributed by atoms with van der Waals surface area (Å²) in [5.41, 5.74) is 0.881. The maximum Gasteiger partial charge on any atom is 0.310 e. The van der Waals surface area contributed by atoms with Gasteiger partial charge in [-0.05, 0) is 38.4 Å². The van der Waals surface area contributed by atoms with E-state index >= 15 is 0 Å². The Kier molecular flexibility index (Phi) is 5.95. The zero-order valence-corrected chi connectivity index (χ0v) is 13.3. The van der Waals surface area contributed by atoms with Gasteiger partial charge in [0.2, 0.25) is 5.91 Å². The van der Waals surface area contributed by atoms with Gasteiger partial charge in [-0.1, -0.05) is 18.2 Å². The summed E-state index contributed by atoms with van der Waals surface area (Å²) in [6.07, 6.45) is 1.77. The minimum atomic E-state index is -0.143. The van der Waals surface area contributed by atoms with Crippen molar-refractivity contribution in [2.75, 3.05) is 38.2 Å². The van der Waals surface area contributed by atoms with Crippen molar-refractivity contribution < 1.29 is 14.3 Å². The maximum atomic E-state index is 12.4. The Morgan fingerprint density at radius 2 is 2.05 bits per heavy atom. The molecular formula is C17H24N2O3. The number of rotatable bonds is 5. The molecule has 0 aromatic heterocycles. The molecule has 5 heteroatoms. The number of esters is 1. The summed E-state index contributed by atoms with van der Waals surface area (Å²) in [6, 6.07) is 9.58. The molecule has 1 atom stereocenters. The van der Waals surface area contributed by atoms with Gasteiger partial charge in [-0.25, -0.2) is 0 Å². The van der Waals surface area contributed by atoms with E-state index < -0.39 is 0 Å². The van der Waals surface area contributed by atoms with Gasteiger partial charge < -0.3 is 9.64 Å². The largest absolute Gasteiger partial charge is 0.466 e. The van der Waals surface area contributed by atoms with Crippen LogP contribution in [0.3, 0.4) is 0 Å². The van der Waals surface area contributed by atoms with E-state index in [2.05, 4.69) is 0 Å². The zero-order chi connectivity index (χ0) is 15.9. The monoisotopic (exact) mass is 304 g/mol. The highest BCUT2D eigenvalue weighted by atomic mass is 16.5. The molecule has 1 saturated heterocycles. The third-order valence-electron chi connectivity index (χ3n) is 4.00. The van der Waals surface area contributed by atoms with Crippen LogP contribution in [0.2, 0.25) is 0 Å². The molecule has 1 amide bonds. The second-order valence-electron chi connectivity index (χ2n) is 5.61. The van der Waals surface area contributed by atoms with Crippen molar-refractivity contribution in [1.29, 1.82) is 0 Å². The number of carbonyl (C=O) groups excluding carboxylic acids is 2. The van der Waals surface area contributed by atoms with E-state index in [1.54, 1.807) is 11.9 Å². The molecule has 1 heterocycles. The van der Waals surface area contributed by atoms with Crippen LogP contribution in [0, 0.1) is 5.92 Å². The number of nitrogens with zero attached hydrogens (tertiary/aromatic N) is 2. The van der Waals surface area contributed by atoms with E-state index in [1.165, 1.54) is 0 Å². The fraction of sp³-hybridized carbons (Fsp3) is 0.529. The molecule has 0 aliphatic carbocycles. The number of piperidine rings is 1. The summed E-state index contributed by atoms with van der Waals surface area (Å²) in [5, 5.41) is 0. The van der Waals surface area contributed by atoms with Gasteiger partial charge in [-0.15, -0.1) is 0 Å². The van der Waals surface area contributed by atoms with Crippen molar-refractivity contribution >= 4 is 17.6 Å². The molecule has 0 saturated carbocycles. The third-order valence-corrected chi connectivity index (χ3v) is 4.00. The van der Waals surface area contributed by atoms with Gasteiger partial charge in [-0.2, -0.15) is 0 Å². The minimum Gasteiger partial charge on any atom is -0.466 e. The molecule has 1 aliphatic rings. The van der Waals surface area contributed by atoms with Crippen LogP contribution in [0.15, 0.2) is 30.3 Å². The SMILES string of the molecule is CCOC(=O)C1CCCN(CC(=O)N(C)c2ccccc2)C1. The molecule has 1 unspecified atom stereocenters. The van der Waals surface area contributed by atoms with Crippen LogP contribution >= 0.6 is 0 Å². The Balaban J connectivity index is 1.89. The molecule has 0 N–H and O–H groups in total. The number of para-hydroxylation sites is 1. The number of likely N-dealkylation sites (N-methyl/N-ethyl adjacent to an activating group) is 1. The fourth-order valence-electron chi connectivity index (χ4n) is 2.74. The van der Waals surface area contributed by atoms with E-state index in [4.69, 9.17) is 4.74 Å². The lowest BCUT2D eigenvalue weighted by Gasteiger charge is -2.32. The van der Waals surface area contributed by atoms with Crippen molar-refractivity contribution in [2.24, 2.45) is 5.92 Å². The summed E-state index contributed by atoms with van der Waals surface area (Å²) < 4.78 is 5.09. The lowest BCUT2D eigenvalue weighted by molar-refractivity contribution is -0.150. The normalized spacial score (nSPS) is 18.7. The van der Waals surface area contributed by atoms with Gasteiger partial charge in [0.25, 0.3) is 0 Å². The summed E-state index contributed by atoms with van der Waals surface area (Å²) in [6.45, 7) is 4.01. The Bertz CT molecular complexity index is 504. The molecule has 0 bridgehead atoms. The van der Waals surface area contributed by atoms with Gasteiger partial charge in [0.1, 0.15) is 0 Å². The van der Waals surface area contributed by atoms with Crippen molar-refractivity contribution in [3.05, 3.63) is 30.3 Å². The summed E-state index contributed by atoms with van der Waals surface area (Å²) >= 11 is 0. The molecule has 0 radical (unpaired) electrons. The van der Waals surface area contributed by atoms with Gasteiger partial charge in [-0.3, -0.25) is 14.5 Å². The number of carbonyl (C=O) groups is 2. The van der Waals surface area contributed by atoms with Crippen molar-refractivity contribution in [3.63, 3.8) is 0 Å². The predicted octanol–water partition coefficient (Wildman–Crippen LogP) is 1.92. The first kappa shape index (κ1) is 16.5. The molecule has 1 aromatic carbocycles. The van der Waals surface area contributed by atoms with Gasteiger partial charge in [0.05, 0.1) is 19.1 Å². The molecule has 1 fully saturated rings. The first-order chi connectivity index (χ1) is 10.6. The zero-order valence-electron chi connectivity index (χ0n) is 13.3. The number of amides is 1. The molecular weight excluding hydrogens is 280 g/mol. The highest BCUT2D eigenvalue weighted by Crippen LogP contribution is 2.18. The van der Waals surface area contributed by atoms with Crippen LogP contribution in [0.5, 0.6) is 0 Å². The van der Waals surface area contributed by atoms with Gasteiger partial charge >= 0.3 is 5.97 Å². The average molecular weight is 304 g/mol. The molecule has 22 heavy (non-hydrogen) atoms. The fourth-order valence-corrected chi connectivity index (χ4v) is 2.74. The van der Waals surface area contributed by atoms with Crippen LogP contribution in [0.1, 0.15) is 19.8 Å². The second kappa shape index (κ2) is 7.94. The summed E-state index contributed by atoms with van der Waals surface area (Å²) in [7, 11) is 1.78. The standard InChI is InChI=1S/C17H24N2O3/c1-3-22-17(21)14-8-7-11-19(12-14)13-16(20)18(2)15-9-5-4-6-10-15/h4-6,9-10,14H,3,7-8,11-13H2,1-2H3. The van der Waals surface area contributed by atoms with Crippen LogP contribution < -0.4 is 4.90 Å². The molecule has 5 nitrogen and oxygen atoms in total. The molecule has 1 aromatic rings. The number of ether oxygens (including phenoxy) is 1. The molecule has 1 aliphatic heterocycles. The Hall–Kier alpha value is -1.88. The minimum absolute atomic E-state index is 0.0377. The predicted molar refractivity (Wildman–Crippen MR) is 85.6 cm³/mol. The Morgan fingerprint density at radius 3 is 2.73 bits per heavy atom. The number of hydrogen-bond acceptors (Lipinski definition) is 4. The molecule has 2 rings (SSSR count). The van der Waals surface area contributed by atoms with Crippen LogP contribution in [-0.2, 0) is 14.3 Å². The van der Waals surface area contributed by atoms with Crippen molar-refractivity contribution in [1.82, 2.24) is 4.90 Å². The summed E-state index contributed by atoms with van der Waals surface area (Å²) in [5.74, 6) is -0.213.